The molecule has 162 valence electrons. The number of hydrogen-bond acceptors (Lipinski definition) is 4. The predicted molar refractivity (Wildman–Crippen MR) is 127 cm³/mol. The van der Waals surface area contributed by atoms with Gasteiger partial charge in [0.25, 0.3) is 5.91 Å². The molecule has 0 saturated carbocycles. The van der Waals surface area contributed by atoms with Gasteiger partial charge in [0.2, 0.25) is 5.91 Å². The molecule has 32 heavy (non-hydrogen) atoms. The summed E-state index contributed by atoms with van der Waals surface area (Å²) in [4.78, 5) is 27.6. The highest BCUT2D eigenvalue weighted by Gasteiger charge is 2.34. The third kappa shape index (κ3) is 4.86. The number of para-hydroxylation sites is 1. The molecule has 1 N–H and O–H groups in total. The van der Waals surface area contributed by atoms with Gasteiger partial charge in [0.1, 0.15) is 12.3 Å². The highest BCUT2D eigenvalue weighted by atomic mass is 16.2. The number of nitrogens with one attached hydrogen (secondary N) is 1. The van der Waals surface area contributed by atoms with E-state index >= 15 is 0 Å². The monoisotopic (exact) mass is 426 g/mol. The maximum Gasteiger partial charge on any atom is 0.252 e. The number of aryl methyl sites for hydroxylation is 1. The molecule has 4 rings (SSSR count). The Balaban J connectivity index is 1.53. The van der Waals surface area contributed by atoms with Gasteiger partial charge in [-0.15, -0.1) is 0 Å². The number of anilines is 2. The van der Waals surface area contributed by atoms with E-state index in [1.54, 1.807) is 0 Å². The molecule has 0 bridgehead atoms. The highest BCUT2D eigenvalue weighted by Crippen LogP contribution is 2.33. The van der Waals surface area contributed by atoms with Crippen LogP contribution in [-0.4, -0.2) is 29.7 Å². The lowest BCUT2D eigenvalue weighted by Crippen LogP contribution is -2.30. The number of hydrogen-bond donors (Lipinski definition) is 1. The summed E-state index contributed by atoms with van der Waals surface area (Å²) in [5, 5.41) is 8.89. The van der Waals surface area contributed by atoms with E-state index in [4.69, 9.17) is 0 Å². The van der Waals surface area contributed by atoms with Crippen LogP contribution in [0, 0.1) is 6.92 Å². The lowest BCUT2D eigenvalue weighted by atomic mass is 10.0. The fourth-order valence-corrected chi connectivity index (χ4v) is 3.72. The number of carbonyl (C=O) groups excluding carboxylic acids is 2. The standard InChI is InChI=1S/C26H26N4O2/c1-19-13-15-21(16-14-19)27-25(31)18-26(32)30-23(20-9-5-3-6-10-20)17-24(28-30)29(2)22-11-7-4-8-12-22/h3-16,23H,17-18H2,1-2H3,(H,27,31). The Morgan fingerprint density at radius 2 is 1.59 bits per heavy atom. The summed E-state index contributed by atoms with van der Waals surface area (Å²) >= 11 is 0. The topological polar surface area (TPSA) is 65.0 Å². The lowest BCUT2D eigenvalue weighted by Gasteiger charge is -2.21. The highest BCUT2D eigenvalue weighted by molar-refractivity contribution is 6.05. The van der Waals surface area contributed by atoms with E-state index in [9.17, 15) is 9.59 Å². The first-order valence-electron chi connectivity index (χ1n) is 10.6. The lowest BCUT2D eigenvalue weighted by molar-refractivity contribution is -0.136. The summed E-state index contributed by atoms with van der Waals surface area (Å²) in [5.41, 5.74) is 3.75. The number of rotatable bonds is 5. The Bertz CT molecular complexity index is 1110. The van der Waals surface area contributed by atoms with Crippen molar-refractivity contribution in [2.45, 2.75) is 25.8 Å². The van der Waals surface area contributed by atoms with Gasteiger partial charge in [-0.2, -0.15) is 5.10 Å². The minimum Gasteiger partial charge on any atom is -0.331 e. The molecule has 1 aliphatic rings. The molecule has 1 atom stereocenters. The maximum atomic E-state index is 13.1. The van der Waals surface area contributed by atoms with Crippen LogP contribution in [0.4, 0.5) is 11.4 Å². The van der Waals surface area contributed by atoms with Gasteiger partial charge >= 0.3 is 0 Å². The molecule has 1 unspecified atom stereocenters. The Morgan fingerprint density at radius 3 is 2.25 bits per heavy atom. The molecule has 3 aromatic rings. The van der Waals surface area contributed by atoms with Crippen molar-refractivity contribution in [2.75, 3.05) is 17.3 Å². The smallest absolute Gasteiger partial charge is 0.252 e. The minimum absolute atomic E-state index is 0.253. The quantitative estimate of drug-likeness (QED) is 0.599. The summed E-state index contributed by atoms with van der Waals surface area (Å²) in [6.45, 7) is 1.98. The number of hydrazone groups is 1. The second kappa shape index (κ2) is 9.47. The van der Waals surface area contributed by atoms with Crippen LogP contribution in [0.3, 0.4) is 0 Å². The molecule has 0 aliphatic carbocycles. The Labute approximate surface area is 188 Å². The van der Waals surface area contributed by atoms with Gasteiger partial charge in [-0.1, -0.05) is 66.2 Å². The molecular formula is C26H26N4O2. The molecule has 2 amide bonds. The van der Waals surface area contributed by atoms with E-state index in [-0.39, 0.29) is 24.3 Å². The van der Waals surface area contributed by atoms with Crippen molar-refractivity contribution in [3.8, 4) is 0 Å². The number of amidine groups is 1. The van der Waals surface area contributed by atoms with Crippen molar-refractivity contribution < 1.29 is 9.59 Å². The van der Waals surface area contributed by atoms with Crippen LogP contribution in [0.15, 0.2) is 90.0 Å². The van der Waals surface area contributed by atoms with Crippen molar-refractivity contribution >= 4 is 29.0 Å². The van der Waals surface area contributed by atoms with E-state index in [1.165, 1.54) is 5.01 Å². The zero-order valence-corrected chi connectivity index (χ0v) is 18.2. The number of benzene rings is 3. The summed E-state index contributed by atoms with van der Waals surface area (Å²) < 4.78 is 0. The van der Waals surface area contributed by atoms with Crippen LogP contribution in [0.5, 0.6) is 0 Å². The molecule has 0 spiro atoms. The average molecular weight is 427 g/mol. The first-order valence-corrected chi connectivity index (χ1v) is 10.6. The SMILES string of the molecule is Cc1ccc(NC(=O)CC(=O)N2N=C(N(C)c3ccccc3)CC2c2ccccc2)cc1. The van der Waals surface area contributed by atoms with Gasteiger partial charge in [-0.05, 0) is 36.8 Å². The normalized spacial score (nSPS) is 15.2. The van der Waals surface area contributed by atoms with E-state index in [2.05, 4.69) is 10.4 Å². The zero-order valence-electron chi connectivity index (χ0n) is 18.2. The number of nitrogens with zero attached hydrogens (tertiary/aromatic N) is 3. The van der Waals surface area contributed by atoms with Crippen LogP contribution in [0.25, 0.3) is 0 Å². The molecule has 0 aromatic heterocycles. The van der Waals surface area contributed by atoms with Crippen LogP contribution < -0.4 is 10.2 Å². The van der Waals surface area contributed by atoms with E-state index in [0.717, 1.165) is 22.6 Å². The van der Waals surface area contributed by atoms with Gasteiger partial charge < -0.3 is 10.2 Å². The molecule has 0 radical (unpaired) electrons. The van der Waals surface area contributed by atoms with Gasteiger partial charge in [0.05, 0.1) is 6.04 Å². The van der Waals surface area contributed by atoms with Gasteiger partial charge in [-0.25, -0.2) is 5.01 Å². The van der Waals surface area contributed by atoms with Crippen molar-refractivity contribution in [3.05, 3.63) is 96.1 Å². The Kier molecular flexibility index (Phi) is 6.31. The van der Waals surface area contributed by atoms with Crippen LogP contribution in [-0.2, 0) is 9.59 Å². The van der Waals surface area contributed by atoms with E-state index in [0.29, 0.717) is 12.1 Å². The third-order valence-corrected chi connectivity index (χ3v) is 5.51. The minimum atomic E-state index is -0.356. The van der Waals surface area contributed by atoms with Gasteiger partial charge in [0.15, 0.2) is 0 Å². The molecule has 6 nitrogen and oxygen atoms in total. The van der Waals surface area contributed by atoms with E-state index in [1.807, 2.05) is 104 Å². The molecule has 3 aromatic carbocycles. The molecule has 1 heterocycles. The fourth-order valence-electron chi connectivity index (χ4n) is 3.72. The van der Waals surface area contributed by atoms with Crippen LogP contribution >= 0.6 is 0 Å². The molecule has 0 saturated heterocycles. The molecule has 0 fully saturated rings. The third-order valence-electron chi connectivity index (χ3n) is 5.51. The molecular weight excluding hydrogens is 400 g/mol. The first-order chi connectivity index (χ1) is 15.5. The van der Waals surface area contributed by atoms with Gasteiger partial charge in [-0.3, -0.25) is 9.59 Å². The maximum absolute atomic E-state index is 13.1. The van der Waals surface area contributed by atoms with Crippen molar-refractivity contribution in [1.82, 2.24) is 5.01 Å². The summed E-state index contributed by atoms with van der Waals surface area (Å²) in [6, 6.07) is 26.9. The fraction of sp³-hybridized carbons (Fsp3) is 0.192. The van der Waals surface area contributed by atoms with Gasteiger partial charge in [0, 0.05) is 24.8 Å². The average Bonchev–Trinajstić information content (AvgIpc) is 3.27. The summed E-state index contributed by atoms with van der Waals surface area (Å²) in [5.74, 6) is 0.0861. The summed E-state index contributed by atoms with van der Waals surface area (Å²) in [7, 11) is 1.94. The van der Waals surface area contributed by atoms with Crippen molar-refractivity contribution in [3.63, 3.8) is 0 Å². The Morgan fingerprint density at radius 1 is 0.969 bits per heavy atom. The zero-order chi connectivity index (χ0) is 22.5. The van der Waals surface area contributed by atoms with Crippen LogP contribution in [0.2, 0.25) is 0 Å². The molecule has 6 heteroatoms. The second-order valence-corrected chi connectivity index (χ2v) is 7.87. The Hall–Kier alpha value is -3.93. The summed E-state index contributed by atoms with van der Waals surface area (Å²) in [6.07, 6.45) is 0.295. The predicted octanol–water partition coefficient (Wildman–Crippen LogP) is 4.75. The van der Waals surface area contributed by atoms with E-state index < -0.39 is 0 Å². The van der Waals surface area contributed by atoms with Crippen molar-refractivity contribution in [2.24, 2.45) is 5.10 Å². The second-order valence-electron chi connectivity index (χ2n) is 7.87. The first kappa shape index (κ1) is 21.3. The largest absolute Gasteiger partial charge is 0.331 e. The number of amides is 2. The van der Waals surface area contributed by atoms with Crippen LogP contribution in [0.1, 0.15) is 30.0 Å². The molecule has 1 aliphatic heterocycles. The number of carbonyl (C=O) groups is 2. The van der Waals surface area contributed by atoms with Crippen molar-refractivity contribution in [1.29, 1.82) is 0 Å².